The van der Waals surface area contributed by atoms with Crippen LogP contribution in [-0.2, 0) is 6.18 Å². The zero-order chi connectivity index (χ0) is 26.9. The number of anilines is 1. The lowest BCUT2D eigenvalue weighted by atomic mass is 10.0. The molecule has 3 N–H and O–H groups in total. The molecule has 0 radical (unpaired) electrons. The predicted octanol–water partition coefficient (Wildman–Crippen LogP) is 4.56. The fourth-order valence-electron chi connectivity index (χ4n) is 3.48. The van der Waals surface area contributed by atoms with Gasteiger partial charge in [0.05, 0.1) is 12.2 Å². The smallest absolute Gasteiger partial charge is 0.434 e. The van der Waals surface area contributed by atoms with Crippen LogP contribution in [0.2, 0.25) is 0 Å². The minimum absolute atomic E-state index is 0.0323. The molecule has 0 bridgehead atoms. The van der Waals surface area contributed by atoms with Crippen molar-refractivity contribution in [1.82, 2.24) is 30.5 Å². The number of pyridine rings is 2. The van der Waals surface area contributed by atoms with Crippen LogP contribution in [-0.4, -0.2) is 44.3 Å². The summed E-state index contributed by atoms with van der Waals surface area (Å²) in [5, 5.41) is 12.1. The molecule has 11 nitrogen and oxygen atoms in total. The summed E-state index contributed by atoms with van der Waals surface area (Å²) >= 11 is 0.789. The maximum absolute atomic E-state index is 13.4. The summed E-state index contributed by atoms with van der Waals surface area (Å²) < 4.78 is 51.1. The van der Waals surface area contributed by atoms with Crippen LogP contribution in [0.3, 0.4) is 0 Å². The highest BCUT2D eigenvalue weighted by atomic mass is 32.1. The van der Waals surface area contributed by atoms with Crippen molar-refractivity contribution >= 4 is 23.2 Å². The van der Waals surface area contributed by atoms with Gasteiger partial charge in [-0.25, -0.2) is 29.6 Å². The van der Waals surface area contributed by atoms with Crippen LogP contribution in [0.1, 0.15) is 25.5 Å². The van der Waals surface area contributed by atoms with Crippen molar-refractivity contribution < 1.29 is 27.1 Å². The van der Waals surface area contributed by atoms with Gasteiger partial charge in [0.15, 0.2) is 5.69 Å². The second kappa shape index (κ2) is 10.2. The van der Waals surface area contributed by atoms with Crippen molar-refractivity contribution in [2.24, 2.45) is 5.92 Å². The minimum atomic E-state index is -4.64. The minimum Gasteiger partial charge on any atom is -0.477 e. The van der Waals surface area contributed by atoms with Crippen molar-refractivity contribution in [2.45, 2.75) is 25.9 Å². The van der Waals surface area contributed by atoms with Gasteiger partial charge in [-0.15, -0.1) is 16.4 Å². The van der Waals surface area contributed by atoms with Crippen molar-refractivity contribution in [1.29, 1.82) is 0 Å². The molecular weight excluding hydrogens is 527 g/mol. The Morgan fingerprint density at radius 2 is 2.03 bits per heavy atom. The van der Waals surface area contributed by atoms with Crippen molar-refractivity contribution in [3.05, 3.63) is 46.2 Å². The largest absolute Gasteiger partial charge is 0.477 e. The molecule has 2 amide bonds. The number of ether oxygens (including phenoxy) is 1. The Balaban J connectivity index is 1.64. The third-order valence-electron chi connectivity index (χ3n) is 5.49. The molecule has 0 aliphatic heterocycles. The van der Waals surface area contributed by atoms with E-state index in [0.29, 0.717) is 35.8 Å². The van der Waals surface area contributed by atoms with E-state index in [1.54, 1.807) is 13.0 Å². The van der Waals surface area contributed by atoms with Gasteiger partial charge in [-0.3, -0.25) is 5.32 Å². The molecule has 4 heterocycles. The first-order chi connectivity index (χ1) is 18.2. The lowest BCUT2D eigenvalue weighted by Gasteiger charge is -2.15. The maximum atomic E-state index is 13.4. The normalized spacial score (nSPS) is 13.4. The van der Waals surface area contributed by atoms with E-state index in [4.69, 9.17) is 9.15 Å². The first kappa shape index (κ1) is 25.4. The third-order valence-corrected chi connectivity index (χ3v) is 6.36. The van der Waals surface area contributed by atoms with E-state index >= 15 is 0 Å². The molecule has 198 valence electrons. The highest BCUT2D eigenvalue weighted by molar-refractivity contribution is 7.13. The quantitative estimate of drug-likeness (QED) is 0.291. The molecule has 4 aromatic rings. The summed E-state index contributed by atoms with van der Waals surface area (Å²) in [4.78, 5) is 36.0. The van der Waals surface area contributed by atoms with E-state index in [1.807, 2.05) is 0 Å². The van der Waals surface area contributed by atoms with Gasteiger partial charge in [0.25, 0.3) is 5.89 Å². The Hall–Kier alpha value is -4.27. The Bertz CT molecular complexity index is 1530. The number of amides is 2. The molecule has 5 rings (SSSR count). The monoisotopic (exact) mass is 547 g/mol. The Morgan fingerprint density at radius 3 is 2.68 bits per heavy atom. The number of nitrogens with zero attached hydrogens (tertiary/aromatic N) is 4. The van der Waals surface area contributed by atoms with Crippen LogP contribution in [0.25, 0.3) is 33.2 Å². The number of thiazole rings is 1. The molecule has 15 heteroatoms. The second-order valence-electron chi connectivity index (χ2n) is 8.38. The summed E-state index contributed by atoms with van der Waals surface area (Å²) in [6.07, 6.45) is 0.211. The predicted molar refractivity (Wildman–Crippen MR) is 131 cm³/mol. The molecule has 4 aromatic heterocycles. The molecular formula is C23H20F3N7O4S. The molecule has 1 fully saturated rings. The van der Waals surface area contributed by atoms with E-state index in [1.165, 1.54) is 18.5 Å². The molecule has 1 saturated carbocycles. The van der Waals surface area contributed by atoms with Crippen molar-refractivity contribution in [2.75, 3.05) is 18.5 Å². The average molecular weight is 548 g/mol. The number of aromatic nitrogens is 5. The zero-order valence-corrected chi connectivity index (χ0v) is 20.6. The second-order valence-corrected chi connectivity index (χ2v) is 9.24. The third kappa shape index (κ3) is 5.66. The average Bonchev–Trinajstić information content (AvgIpc) is 3.37. The number of H-pyrrole nitrogens is 1. The van der Waals surface area contributed by atoms with Gasteiger partial charge in [-0.05, 0) is 37.8 Å². The van der Waals surface area contributed by atoms with E-state index < -0.39 is 23.7 Å². The van der Waals surface area contributed by atoms with E-state index in [0.717, 1.165) is 29.6 Å². The summed E-state index contributed by atoms with van der Waals surface area (Å²) in [5.74, 6) is -0.0977. The fourth-order valence-corrected chi connectivity index (χ4v) is 4.33. The van der Waals surface area contributed by atoms with Crippen LogP contribution >= 0.6 is 11.3 Å². The lowest BCUT2D eigenvalue weighted by Crippen LogP contribution is -2.28. The number of carbonyl (C=O) groups is 1. The standard InChI is InChI=1S/C23H20F3N7O4S/c1-2-27-21(34)31-17-6-14(20-30-16(10-38-20)23(24,25)26)15(8-28-17)13-5-12(18-32-33-22(35)37-18)7-29-19(13)36-9-11-3-4-11/h5-8,10-11H,2-4,9H2,1H3,(H,33,35)(H2,27,28,31,34). The number of urea groups is 1. The van der Waals surface area contributed by atoms with Gasteiger partial charge in [0.1, 0.15) is 10.8 Å². The molecule has 0 saturated heterocycles. The van der Waals surface area contributed by atoms with Crippen LogP contribution in [0.15, 0.2) is 39.1 Å². The summed E-state index contributed by atoms with van der Waals surface area (Å²) in [6, 6.07) is 2.49. The van der Waals surface area contributed by atoms with Crippen molar-refractivity contribution in [3.8, 4) is 39.0 Å². The first-order valence-corrected chi connectivity index (χ1v) is 12.4. The molecule has 1 aliphatic carbocycles. The van der Waals surface area contributed by atoms with Crippen LogP contribution < -0.4 is 21.1 Å². The number of nitrogens with one attached hydrogen (secondary N) is 3. The summed E-state index contributed by atoms with van der Waals surface area (Å²) in [7, 11) is 0. The van der Waals surface area contributed by atoms with Crippen molar-refractivity contribution in [3.63, 3.8) is 0 Å². The SMILES string of the molecule is CCNC(=O)Nc1cc(-c2nc(C(F)(F)F)cs2)c(-c2cc(-c3n[nH]c(=O)o3)cnc2OCC2CC2)cn1. The zero-order valence-electron chi connectivity index (χ0n) is 19.8. The molecule has 0 atom stereocenters. The Labute approximate surface area is 216 Å². The number of hydrogen-bond donors (Lipinski definition) is 3. The topological polar surface area (TPSA) is 148 Å². The van der Waals surface area contributed by atoms with Gasteiger partial charge in [-0.1, -0.05) is 0 Å². The number of aromatic amines is 1. The van der Waals surface area contributed by atoms with Gasteiger partial charge < -0.3 is 14.5 Å². The molecule has 0 unspecified atom stereocenters. The molecule has 0 aromatic carbocycles. The Morgan fingerprint density at radius 1 is 1.21 bits per heavy atom. The van der Waals surface area contributed by atoms with Crippen LogP contribution in [0.4, 0.5) is 23.8 Å². The first-order valence-electron chi connectivity index (χ1n) is 11.5. The number of hydrogen-bond acceptors (Lipinski definition) is 9. The lowest BCUT2D eigenvalue weighted by molar-refractivity contribution is -0.140. The maximum Gasteiger partial charge on any atom is 0.434 e. The summed E-state index contributed by atoms with van der Waals surface area (Å²) in [5.41, 5.74) is 0.236. The number of alkyl halides is 3. The molecule has 0 spiro atoms. The number of rotatable bonds is 8. The van der Waals surface area contributed by atoms with E-state index in [-0.39, 0.29) is 28.2 Å². The van der Waals surface area contributed by atoms with Crippen LogP contribution in [0, 0.1) is 5.92 Å². The van der Waals surface area contributed by atoms with Gasteiger partial charge >= 0.3 is 18.0 Å². The number of halogens is 3. The van der Waals surface area contributed by atoms with Gasteiger partial charge in [0.2, 0.25) is 5.88 Å². The molecule has 1 aliphatic rings. The number of carbonyl (C=O) groups excluding carboxylic acids is 1. The van der Waals surface area contributed by atoms with Gasteiger partial charge in [-0.2, -0.15) is 13.2 Å². The molecule has 38 heavy (non-hydrogen) atoms. The highest BCUT2D eigenvalue weighted by Crippen LogP contribution is 2.42. The van der Waals surface area contributed by atoms with Gasteiger partial charge in [0, 0.05) is 41.0 Å². The fraction of sp³-hybridized carbons (Fsp3) is 0.304. The summed E-state index contributed by atoms with van der Waals surface area (Å²) in [6.45, 7) is 2.51. The van der Waals surface area contributed by atoms with E-state index in [2.05, 4.69) is 35.8 Å². The van der Waals surface area contributed by atoms with E-state index in [9.17, 15) is 22.8 Å². The highest BCUT2D eigenvalue weighted by Gasteiger charge is 2.34. The Kier molecular flexibility index (Phi) is 6.84. The van der Waals surface area contributed by atoms with Crippen LogP contribution in [0.5, 0.6) is 5.88 Å².